The SMILES string of the molecule is O=C(NC1CCCCC1CO)c1cnn(-c2ccccc2)n1. The maximum atomic E-state index is 12.3. The van der Waals surface area contributed by atoms with Crippen LogP contribution in [0.25, 0.3) is 5.69 Å². The largest absolute Gasteiger partial charge is 0.396 e. The minimum atomic E-state index is -0.229. The van der Waals surface area contributed by atoms with Crippen molar-refractivity contribution < 1.29 is 9.90 Å². The predicted octanol–water partition coefficient (Wildman–Crippen LogP) is 1.55. The molecular formula is C16H20N4O2. The molecule has 1 amide bonds. The molecule has 1 saturated carbocycles. The lowest BCUT2D eigenvalue weighted by Crippen LogP contribution is -2.43. The van der Waals surface area contributed by atoms with Gasteiger partial charge in [0.25, 0.3) is 5.91 Å². The number of para-hydroxylation sites is 1. The van der Waals surface area contributed by atoms with Gasteiger partial charge < -0.3 is 10.4 Å². The van der Waals surface area contributed by atoms with Crippen LogP contribution in [-0.4, -0.2) is 38.7 Å². The van der Waals surface area contributed by atoms with Crippen LogP contribution in [-0.2, 0) is 0 Å². The Morgan fingerprint density at radius 3 is 2.82 bits per heavy atom. The van der Waals surface area contributed by atoms with Crippen LogP contribution in [0.4, 0.5) is 0 Å². The molecule has 3 rings (SSSR count). The van der Waals surface area contributed by atoms with E-state index in [1.165, 1.54) is 11.0 Å². The summed E-state index contributed by atoms with van der Waals surface area (Å²) >= 11 is 0. The molecule has 0 radical (unpaired) electrons. The molecule has 0 aliphatic heterocycles. The Bertz CT molecular complexity index is 626. The summed E-state index contributed by atoms with van der Waals surface area (Å²) in [5.74, 6) is -0.0885. The molecule has 1 aliphatic rings. The van der Waals surface area contributed by atoms with Gasteiger partial charge in [-0.05, 0) is 25.0 Å². The standard InChI is InChI=1S/C16H20N4O2/c21-11-12-6-4-5-9-14(12)18-16(22)15-10-17-20(19-15)13-7-2-1-3-8-13/h1-3,7-8,10,12,14,21H,4-6,9,11H2,(H,18,22). The van der Waals surface area contributed by atoms with Crippen LogP contribution in [0.5, 0.6) is 0 Å². The van der Waals surface area contributed by atoms with Crippen LogP contribution >= 0.6 is 0 Å². The van der Waals surface area contributed by atoms with Crippen molar-refractivity contribution in [2.24, 2.45) is 5.92 Å². The molecule has 0 bridgehead atoms. The lowest BCUT2D eigenvalue weighted by atomic mass is 9.85. The zero-order chi connectivity index (χ0) is 15.4. The van der Waals surface area contributed by atoms with Crippen molar-refractivity contribution in [3.63, 3.8) is 0 Å². The number of nitrogens with one attached hydrogen (secondary N) is 1. The maximum Gasteiger partial charge on any atom is 0.273 e. The highest BCUT2D eigenvalue weighted by Gasteiger charge is 2.26. The number of aliphatic hydroxyl groups is 1. The molecule has 2 aromatic rings. The third kappa shape index (κ3) is 3.17. The molecule has 1 aromatic heterocycles. The molecular weight excluding hydrogens is 280 g/mol. The van der Waals surface area contributed by atoms with Crippen LogP contribution < -0.4 is 5.32 Å². The molecule has 0 saturated heterocycles. The minimum absolute atomic E-state index is 0.0214. The smallest absolute Gasteiger partial charge is 0.273 e. The van der Waals surface area contributed by atoms with Gasteiger partial charge >= 0.3 is 0 Å². The number of carbonyl (C=O) groups is 1. The fourth-order valence-corrected chi connectivity index (χ4v) is 2.91. The second-order valence-electron chi connectivity index (χ2n) is 5.66. The molecule has 1 fully saturated rings. The molecule has 1 aromatic carbocycles. The Morgan fingerprint density at radius 2 is 2.05 bits per heavy atom. The summed E-state index contributed by atoms with van der Waals surface area (Å²) in [5.41, 5.74) is 1.11. The van der Waals surface area contributed by atoms with E-state index in [4.69, 9.17) is 0 Å². The zero-order valence-electron chi connectivity index (χ0n) is 12.4. The molecule has 6 heteroatoms. The highest BCUT2D eigenvalue weighted by Crippen LogP contribution is 2.24. The second kappa shape index (κ2) is 6.70. The summed E-state index contributed by atoms with van der Waals surface area (Å²) in [6.07, 6.45) is 5.53. The van der Waals surface area contributed by atoms with Gasteiger partial charge in [-0.25, -0.2) is 0 Å². The summed E-state index contributed by atoms with van der Waals surface area (Å²) in [7, 11) is 0. The topological polar surface area (TPSA) is 80.0 Å². The molecule has 1 aliphatic carbocycles. The number of amides is 1. The number of benzene rings is 1. The average molecular weight is 300 g/mol. The van der Waals surface area contributed by atoms with E-state index in [0.717, 1.165) is 31.4 Å². The number of rotatable bonds is 4. The van der Waals surface area contributed by atoms with Gasteiger partial charge in [0.05, 0.1) is 11.9 Å². The van der Waals surface area contributed by atoms with Crippen molar-refractivity contribution in [1.29, 1.82) is 0 Å². The molecule has 2 unspecified atom stereocenters. The van der Waals surface area contributed by atoms with Gasteiger partial charge in [-0.3, -0.25) is 4.79 Å². The molecule has 22 heavy (non-hydrogen) atoms. The van der Waals surface area contributed by atoms with E-state index < -0.39 is 0 Å². The number of carbonyl (C=O) groups excluding carboxylic acids is 1. The van der Waals surface area contributed by atoms with Gasteiger partial charge in [-0.2, -0.15) is 9.90 Å². The van der Waals surface area contributed by atoms with E-state index in [1.807, 2.05) is 30.3 Å². The Hall–Kier alpha value is -2.21. The van der Waals surface area contributed by atoms with Crippen LogP contribution in [0.2, 0.25) is 0 Å². The van der Waals surface area contributed by atoms with Crippen LogP contribution in [0.15, 0.2) is 36.5 Å². The van der Waals surface area contributed by atoms with Crippen molar-refractivity contribution in [3.8, 4) is 5.69 Å². The number of aliphatic hydroxyl groups excluding tert-OH is 1. The number of aromatic nitrogens is 3. The van der Waals surface area contributed by atoms with Gasteiger partial charge in [0.2, 0.25) is 0 Å². The van der Waals surface area contributed by atoms with Crippen molar-refractivity contribution in [3.05, 3.63) is 42.2 Å². The molecule has 1 heterocycles. The van der Waals surface area contributed by atoms with Crippen molar-refractivity contribution >= 4 is 5.91 Å². The van der Waals surface area contributed by atoms with Gasteiger partial charge in [-0.15, -0.1) is 5.10 Å². The van der Waals surface area contributed by atoms with Crippen LogP contribution in [0, 0.1) is 5.92 Å². The number of hydrogen-bond acceptors (Lipinski definition) is 4. The van der Waals surface area contributed by atoms with Crippen LogP contribution in [0.3, 0.4) is 0 Å². The Labute approximate surface area is 129 Å². The average Bonchev–Trinajstić information content (AvgIpc) is 3.06. The van der Waals surface area contributed by atoms with E-state index in [-0.39, 0.29) is 24.5 Å². The summed E-state index contributed by atoms with van der Waals surface area (Å²) in [5, 5.41) is 20.8. The first-order valence-corrected chi connectivity index (χ1v) is 7.67. The van der Waals surface area contributed by atoms with Gasteiger partial charge in [0, 0.05) is 18.6 Å². The lowest BCUT2D eigenvalue weighted by Gasteiger charge is -2.30. The molecule has 116 valence electrons. The van der Waals surface area contributed by atoms with E-state index in [2.05, 4.69) is 15.5 Å². The highest BCUT2D eigenvalue weighted by atomic mass is 16.3. The summed E-state index contributed by atoms with van der Waals surface area (Å²) in [6.45, 7) is 0.113. The fraction of sp³-hybridized carbons (Fsp3) is 0.438. The predicted molar refractivity (Wildman–Crippen MR) is 81.7 cm³/mol. The van der Waals surface area contributed by atoms with E-state index >= 15 is 0 Å². The summed E-state index contributed by atoms with van der Waals surface area (Å²) in [6, 6.07) is 9.49. The first-order valence-electron chi connectivity index (χ1n) is 7.67. The Kier molecular flexibility index (Phi) is 4.48. The van der Waals surface area contributed by atoms with E-state index in [0.29, 0.717) is 5.69 Å². The summed E-state index contributed by atoms with van der Waals surface area (Å²) in [4.78, 5) is 13.8. The quantitative estimate of drug-likeness (QED) is 0.898. The zero-order valence-corrected chi connectivity index (χ0v) is 12.4. The van der Waals surface area contributed by atoms with Gasteiger partial charge in [-0.1, -0.05) is 31.0 Å². The maximum absolute atomic E-state index is 12.3. The van der Waals surface area contributed by atoms with Gasteiger partial charge in [0.15, 0.2) is 5.69 Å². The van der Waals surface area contributed by atoms with Crippen molar-refractivity contribution in [1.82, 2.24) is 20.3 Å². The summed E-state index contributed by atoms with van der Waals surface area (Å²) < 4.78 is 0. The Morgan fingerprint density at radius 1 is 1.27 bits per heavy atom. The highest BCUT2D eigenvalue weighted by molar-refractivity contribution is 5.92. The minimum Gasteiger partial charge on any atom is -0.396 e. The first-order chi connectivity index (χ1) is 10.8. The lowest BCUT2D eigenvalue weighted by molar-refractivity contribution is 0.0867. The van der Waals surface area contributed by atoms with Gasteiger partial charge in [0.1, 0.15) is 0 Å². The number of hydrogen-bond donors (Lipinski definition) is 2. The molecule has 2 atom stereocenters. The molecule has 2 N–H and O–H groups in total. The Balaban J connectivity index is 1.69. The monoisotopic (exact) mass is 300 g/mol. The van der Waals surface area contributed by atoms with Crippen molar-refractivity contribution in [2.75, 3.05) is 6.61 Å². The third-order valence-electron chi connectivity index (χ3n) is 4.17. The fourth-order valence-electron chi connectivity index (χ4n) is 2.91. The van der Waals surface area contributed by atoms with Crippen molar-refractivity contribution in [2.45, 2.75) is 31.7 Å². The third-order valence-corrected chi connectivity index (χ3v) is 4.17. The first kappa shape index (κ1) is 14.7. The van der Waals surface area contributed by atoms with E-state index in [1.54, 1.807) is 0 Å². The number of nitrogens with zero attached hydrogens (tertiary/aromatic N) is 3. The molecule has 0 spiro atoms. The second-order valence-corrected chi connectivity index (χ2v) is 5.66. The normalized spacial score (nSPS) is 21.5. The molecule has 6 nitrogen and oxygen atoms in total. The van der Waals surface area contributed by atoms with Crippen LogP contribution in [0.1, 0.15) is 36.2 Å². The van der Waals surface area contributed by atoms with E-state index in [9.17, 15) is 9.90 Å².